The van der Waals surface area contributed by atoms with E-state index in [0.717, 1.165) is 5.56 Å². The molecule has 0 aliphatic carbocycles. The largest absolute Gasteiger partial charge is 0.507 e. The number of hydrogen-bond acceptors (Lipinski definition) is 4. The molecule has 1 atom stereocenters. The molecule has 6 nitrogen and oxygen atoms in total. The molecule has 1 aliphatic heterocycles. The summed E-state index contributed by atoms with van der Waals surface area (Å²) in [7, 11) is 0. The monoisotopic (exact) mass is 415 g/mol. The first kappa shape index (κ1) is 19.4. The highest BCUT2D eigenvalue weighted by Gasteiger charge is 2.42. The molecular formula is C21H19ClFN3O3. The van der Waals surface area contributed by atoms with E-state index >= 15 is 0 Å². The van der Waals surface area contributed by atoms with Gasteiger partial charge in [-0.15, -0.1) is 0 Å². The molecule has 0 saturated carbocycles. The molecule has 1 aromatic heterocycles. The van der Waals surface area contributed by atoms with E-state index in [1.807, 2.05) is 0 Å². The summed E-state index contributed by atoms with van der Waals surface area (Å²) in [6, 6.07) is 8.54. The Hall–Kier alpha value is -2.90. The summed E-state index contributed by atoms with van der Waals surface area (Å²) in [5.74, 6) is -0.643. The van der Waals surface area contributed by atoms with Gasteiger partial charge in [0.15, 0.2) is 0 Å². The van der Waals surface area contributed by atoms with Crippen LogP contribution < -0.4 is 0 Å². The number of aromatic hydroxyl groups is 1. The number of amides is 1. The number of carbonyl (C=O) groups is 1. The van der Waals surface area contributed by atoms with Gasteiger partial charge in [-0.1, -0.05) is 23.7 Å². The lowest BCUT2D eigenvalue weighted by Crippen LogP contribution is -2.31. The minimum Gasteiger partial charge on any atom is -0.507 e. The van der Waals surface area contributed by atoms with Gasteiger partial charge in [-0.05, 0) is 48.7 Å². The van der Waals surface area contributed by atoms with Gasteiger partial charge in [0.2, 0.25) is 0 Å². The molecule has 1 aliphatic rings. The van der Waals surface area contributed by atoms with Gasteiger partial charge in [0, 0.05) is 29.3 Å². The summed E-state index contributed by atoms with van der Waals surface area (Å²) in [5, 5.41) is 27.3. The lowest BCUT2D eigenvalue weighted by Gasteiger charge is -2.26. The fraction of sp³-hybridized carbons (Fsp3) is 0.238. The van der Waals surface area contributed by atoms with Gasteiger partial charge < -0.3 is 15.1 Å². The van der Waals surface area contributed by atoms with Crippen LogP contribution in [0.4, 0.5) is 4.39 Å². The molecule has 0 bridgehead atoms. The Morgan fingerprint density at radius 1 is 1.28 bits per heavy atom. The first-order valence-electron chi connectivity index (χ1n) is 9.17. The van der Waals surface area contributed by atoms with Crippen molar-refractivity contribution in [3.05, 3.63) is 69.6 Å². The predicted molar refractivity (Wildman–Crippen MR) is 106 cm³/mol. The third-order valence-electron chi connectivity index (χ3n) is 5.14. The van der Waals surface area contributed by atoms with Gasteiger partial charge in [0.25, 0.3) is 5.91 Å². The molecule has 2 heterocycles. The number of aliphatic hydroxyl groups is 1. The number of aliphatic hydroxyl groups excluding tert-OH is 1. The normalized spacial score (nSPS) is 15.8. The molecule has 29 heavy (non-hydrogen) atoms. The topological polar surface area (TPSA) is 89.5 Å². The first-order valence-corrected chi connectivity index (χ1v) is 9.55. The van der Waals surface area contributed by atoms with Crippen LogP contribution in [0.2, 0.25) is 5.02 Å². The van der Waals surface area contributed by atoms with Crippen LogP contribution in [0.15, 0.2) is 36.4 Å². The zero-order chi connectivity index (χ0) is 20.7. The number of aryl methyl sites for hydroxylation is 1. The smallest absolute Gasteiger partial charge is 0.273 e. The maximum Gasteiger partial charge on any atom is 0.273 e. The number of fused-ring (bicyclic) bond motifs is 1. The SMILES string of the molecule is Cc1cc(O)c(-c2n[nH]c3c2[C@H](c2ccc(F)cc2)N(CCCO)C3=O)cc1Cl. The maximum absolute atomic E-state index is 13.5. The summed E-state index contributed by atoms with van der Waals surface area (Å²) in [6.45, 7) is 2.04. The number of hydrogen-bond donors (Lipinski definition) is 3. The first-order chi connectivity index (χ1) is 13.9. The Balaban J connectivity index is 1.89. The van der Waals surface area contributed by atoms with E-state index < -0.39 is 6.04 Å². The lowest BCUT2D eigenvalue weighted by molar-refractivity contribution is 0.0732. The van der Waals surface area contributed by atoms with Crippen LogP contribution in [-0.4, -0.2) is 44.4 Å². The molecule has 3 aromatic rings. The zero-order valence-corrected chi connectivity index (χ0v) is 16.4. The van der Waals surface area contributed by atoms with Gasteiger partial charge >= 0.3 is 0 Å². The van der Waals surface area contributed by atoms with Crippen molar-refractivity contribution < 1.29 is 19.4 Å². The quantitative estimate of drug-likeness (QED) is 0.591. The number of phenols is 1. The highest BCUT2D eigenvalue weighted by Crippen LogP contribution is 2.45. The van der Waals surface area contributed by atoms with Crippen molar-refractivity contribution in [2.75, 3.05) is 13.2 Å². The van der Waals surface area contributed by atoms with Crippen molar-refractivity contribution in [2.24, 2.45) is 0 Å². The second-order valence-electron chi connectivity index (χ2n) is 7.01. The van der Waals surface area contributed by atoms with E-state index in [1.54, 1.807) is 36.1 Å². The third-order valence-corrected chi connectivity index (χ3v) is 5.55. The number of aromatic amines is 1. The Kier molecular flexibility index (Phi) is 5.02. The summed E-state index contributed by atoms with van der Waals surface area (Å²) in [6.07, 6.45) is 0.401. The van der Waals surface area contributed by atoms with Crippen LogP contribution in [0.25, 0.3) is 11.3 Å². The van der Waals surface area contributed by atoms with Gasteiger partial charge in [-0.2, -0.15) is 5.10 Å². The minimum absolute atomic E-state index is 0.000290. The Morgan fingerprint density at radius 3 is 2.69 bits per heavy atom. The van der Waals surface area contributed by atoms with Crippen molar-refractivity contribution >= 4 is 17.5 Å². The molecule has 2 aromatic carbocycles. The number of H-pyrrole nitrogens is 1. The summed E-state index contributed by atoms with van der Waals surface area (Å²) in [4.78, 5) is 14.6. The van der Waals surface area contributed by atoms with Gasteiger partial charge in [0.05, 0.1) is 6.04 Å². The van der Waals surface area contributed by atoms with E-state index in [0.29, 0.717) is 46.1 Å². The molecule has 0 saturated heterocycles. The van der Waals surface area contributed by atoms with Gasteiger partial charge in [-0.25, -0.2) is 4.39 Å². The Bertz CT molecular complexity index is 1080. The van der Waals surface area contributed by atoms with Crippen LogP contribution in [0.3, 0.4) is 0 Å². The Morgan fingerprint density at radius 2 is 2.00 bits per heavy atom. The highest BCUT2D eigenvalue weighted by atomic mass is 35.5. The molecule has 0 spiro atoms. The molecule has 0 fully saturated rings. The van der Waals surface area contributed by atoms with Crippen LogP contribution in [-0.2, 0) is 0 Å². The number of carbonyl (C=O) groups excluding carboxylic acids is 1. The fourth-order valence-corrected chi connectivity index (χ4v) is 3.88. The standard InChI is InChI=1S/C21H19ClFN3O3/c1-11-9-16(28)14(10-15(11)22)18-17-19(25-24-18)21(29)26(7-2-8-27)20(17)12-3-5-13(23)6-4-12/h3-6,9-10,20,27-28H,2,7-8H2,1H3,(H,24,25)/t20-/m0/s1. The van der Waals surface area contributed by atoms with Crippen LogP contribution in [0, 0.1) is 12.7 Å². The highest BCUT2D eigenvalue weighted by molar-refractivity contribution is 6.31. The van der Waals surface area contributed by atoms with E-state index in [-0.39, 0.29) is 24.1 Å². The fourth-order valence-electron chi connectivity index (χ4n) is 3.72. The van der Waals surface area contributed by atoms with E-state index in [1.165, 1.54) is 12.1 Å². The molecule has 150 valence electrons. The maximum atomic E-state index is 13.5. The second kappa shape index (κ2) is 7.50. The Labute approximate surface area is 171 Å². The molecule has 8 heteroatoms. The lowest BCUT2D eigenvalue weighted by atomic mass is 9.95. The van der Waals surface area contributed by atoms with E-state index in [4.69, 9.17) is 11.6 Å². The van der Waals surface area contributed by atoms with Gasteiger partial charge in [0.1, 0.15) is 23.0 Å². The molecular weight excluding hydrogens is 397 g/mol. The van der Waals surface area contributed by atoms with Crippen molar-refractivity contribution in [3.8, 4) is 17.0 Å². The summed E-state index contributed by atoms with van der Waals surface area (Å²) < 4.78 is 13.5. The second-order valence-corrected chi connectivity index (χ2v) is 7.42. The average Bonchev–Trinajstić information content (AvgIpc) is 3.23. The van der Waals surface area contributed by atoms with Crippen molar-refractivity contribution in [1.82, 2.24) is 15.1 Å². The number of rotatable bonds is 5. The van der Waals surface area contributed by atoms with Gasteiger partial charge in [-0.3, -0.25) is 9.89 Å². The van der Waals surface area contributed by atoms with Crippen molar-refractivity contribution in [1.29, 1.82) is 0 Å². The molecule has 4 rings (SSSR count). The minimum atomic E-state index is -0.530. The van der Waals surface area contributed by atoms with Crippen molar-refractivity contribution in [2.45, 2.75) is 19.4 Å². The predicted octanol–water partition coefficient (Wildman–Crippen LogP) is 3.81. The zero-order valence-electron chi connectivity index (χ0n) is 15.6. The number of halogens is 2. The molecule has 0 radical (unpaired) electrons. The number of benzene rings is 2. The van der Waals surface area contributed by atoms with E-state index in [2.05, 4.69) is 10.2 Å². The number of nitrogens with zero attached hydrogens (tertiary/aromatic N) is 2. The summed E-state index contributed by atoms with van der Waals surface area (Å²) >= 11 is 6.25. The van der Waals surface area contributed by atoms with Crippen LogP contribution in [0.5, 0.6) is 5.75 Å². The average molecular weight is 416 g/mol. The molecule has 1 amide bonds. The molecule has 3 N–H and O–H groups in total. The molecule has 0 unspecified atom stereocenters. The van der Waals surface area contributed by atoms with Crippen LogP contribution >= 0.6 is 11.6 Å². The number of aromatic nitrogens is 2. The van der Waals surface area contributed by atoms with Crippen molar-refractivity contribution in [3.63, 3.8) is 0 Å². The third kappa shape index (κ3) is 3.26. The number of phenolic OH excluding ortho intramolecular Hbond substituents is 1. The van der Waals surface area contributed by atoms with E-state index in [9.17, 15) is 19.4 Å². The number of nitrogens with one attached hydrogen (secondary N) is 1. The summed E-state index contributed by atoms with van der Waals surface area (Å²) in [5.41, 5.74) is 3.14. The van der Waals surface area contributed by atoms with Crippen LogP contribution in [0.1, 0.15) is 39.6 Å².